The molecule has 0 amide bonds. The van der Waals surface area contributed by atoms with Crippen molar-refractivity contribution in [3.05, 3.63) is 46.2 Å². The zero-order chi connectivity index (χ0) is 15.6. The monoisotopic (exact) mass is 316 g/mol. The van der Waals surface area contributed by atoms with Crippen LogP contribution >= 0.6 is 11.3 Å². The number of thiophene rings is 1. The Balaban J connectivity index is 1.98. The van der Waals surface area contributed by atoms with Crippen molar-refractivity contribution in [3.8, 4) is 22.5 Å². The van der Waals surface area contributed by atoms with E-state index in [-0.39, 0.29) is 0 Å². The zero-order valence-electron chi connectivity index (χ0n) is 13.2. The van der Waals surface area contributed by atoms with Crippen LogP contribution in [-0.2, 0) is 12.8 Å². The summed E-state index contributed by atoms with van der Waals surface area (Å²) in [5.74, 6) is 0. The highest BCUT2D eigenvalue weighted by Gasteiger charge is 2.26. The number of nitrogens with zero attached hydrogens (tertiary/aromatic N) is 2. The number of rotatable bonds is 2. The molecule has 112 valence electrons. The molecule has 23 heavy (non-hydrogen) atoms. The van der Waals surface area contributed by atoms with E-state index in [0.29, 0.717) is 0 Å². The third-order valence-electron chi connectivity index (χ3n) is 4.92. The average Bonchev–Trinajstić information content (AvgIpc) is 3.17. The number of benzene rings is 2. The second-order valence-electron chi connectivity index (χ2n) is 6.06. The van der Waals surface area contributed by atoms with Crippen molar-refractivity contribution in [2.24, 2.45) is 0 Å². The van der Waals surface area contributed by atoms with Crippen LogP contribution in [0.25, 0.3) is 44.3 Å². The summed E-state index contributed by atoms with van der Waals surface area (Å²) in [6, 6.07) is 9.02. The lowest BCUT2D eigenvalue weighted by molar-refractivity contribution is 1.12. The molecule has 0 radical (unpaired) electrons. The van der Waals surface area contributed by atoms with Crippen molar-refractivity contribution in [2.45, 2.75) is 26.7 Å². The normalized spacial score (nSPS) is 12.3. The summed E-state index contributed by atoms with van der Waals surface area (Å²) in [7, 11) is 0. The van der Waals surface area contributed by atoms with Crippen LogP contribution in [0.3, 0.4) is 0 Å². The summed E-state index contributed by atoms with van der Waals surface area (Å²) in [6.07, 6.45) is 2.11. The van der Waals surface area contributed by atoms with E-state index in [1.54, 1.807) is 11.3 Å². The molecule has 0 saturated heterocycles. The summed E-state index contributed by atoms with van der Waals surface area (Å²) in [5, 5.41) is 6.95. The number of aryl methyl sites for hydroxylation is 2. The van der Waals surface area contributed by atoms with Gasteiger partial charge in [-0.15, -0.1) is 11.3 Å². The lowest BCUT2D eigenvalue weighted by Gasteiger charge is -2.11. The van der Waals surface area contributed by atoms with Crippen LogP contribution in [0.5, 0.6) is 0 Å². The standard InChI is InChI=1S/C20H16N2S/c1-3-11-5-7-13-18-14(8-6-12(4-2)17(11)18)20-19(13)21-15-9-23-10-16(15)22-20/h5-10H,3-4H2,1-2H3. The third kappa shape index (κ3) is 1.63. The molecule has 0 fully saturated rings. The molecule has 4 aromatic rings. The van der Waals surface area contributed by atoms with E-state index in [4.69, 9.17) is 9.97 Å². The van der Waals surface area contributed by atoms with Gasteiger partial charge in [0.15, 0.2) is 0 Å². The Kier molecular flexibility index (Phi) is 2.65. The van der Waals surface area contributed by atoms with Gasteiger partial charge in [0.2, 0.25) is 0 Å². The summed E-state index contributed by atoms with van der Waals surface area (Å²) in [6.45, 7) is 4.47. The van der Waals surface area contributed by atoms with Crippen LogP contribution in [0.4, 0.5) is 0 Å². The van der Waals surface area contributed by atoms with E-state index in [1.807, 2.05) is 0 Å². The van der Waals surface area contributed by atoms with Gasteiger partial charge >= 0.3 is 0 Å². The Labute approximate surface area is 138 Å². The summed E-state index contributed by atoms with van der Waals surface area (Å²) < 4.78 is 0. The molecular weight excluding hydrogens is 300 g/mol. The highest BCUT2D eigenvalue weighted by Crippen LogP contribution is 2.47. The lowest BCUT2D eigenvalue weighted by Crippen LogP contribution is -1.91. The fourth-order valence-corrected chi connectivity index (χ4v) is 4.47. The second kappa shape index (κ2) is 4.62. The molecule has 0 saturated carbocycles. The van der Waals surface area contributed by atoms with Gasteiger partial charge < -0.3 is 0 Å². The minimum absolute atomic E-state index is 1.00. The Morgan fingerprint density at radius 1 is 0.739 bits per heavy atom. The first-order valence-corrected chi connectivity index (χ1v) is 9.08. The van der Waals surface area contributed by atoms with E-state index >= 15 is 0 Å². The van der Waals surface area contributed by atoms with Crippen molar-refractivity contribution < 1.29 is 0 Å². The Morgan fingerprint density at radius 3 is 1.74 bits per heavy atom. The van der Waals surface area contributed by atoms with Crippen LogP contribution in [0.1, 0.15) is 25.0 Å². The van der Waals surface area contributed by atoms with Gasteiger partial charge in [-0.1, -0.05) is 38.1 Å². The molecule has 2 aromatic carbocycles. The highest BCUT2D eigenvalue weighted by atomic mass is 32.1. The van der Waals surface area contributed by atoms with Crippen LogP contribution in [0, 0.1) is 0 Å². The Hall–Kier alpha value is -2.26. The van der Waals surface area contributed by atoms with Gasteiger partial charge in [0.1, 0.15) is 11.0 Å². The highest BCUT2D eigenvalue weighted by molar-refractivity contribution is 7.09. The molecule has 0 atom stereocenters. The Bertz CT molecular complexity index is 1010. The fraction of sp³-hybridized carbons (Fsp3) is 0.200. The van der Waals surface area contributed by atoms with E-state index in [0.717, 1.165) is 35.3 Å². The van der Waals surface area contributed by atoms with Crippen LogP contribution in [0.15, 0.2) is 35.0 Å². The van der Waals surface area contributed by atoms with Crippen molar-refractivity contribution in [2.75, 3.05) is 0 Å². The molecule has 2 heterocycles. The molecule has 0 bridgehead atoms. The predicted octanol–water partition coefficient (Wildman–Crippen LogP) is 5.62. The van der Waals surface area contributed by atoms with Crippen molar-refractivity contribution in [1.29, 1.82) is 0 Å². The fourth-order valence-electron chi connectivity index (χ4n) is 3.80. The first kappa shape index (κ1) is 13.2. The van der Waals surface area contributed by atoms with Gasteiger partial charge in [-0.05, 0) is 29.4 Å². The van der Waals surface area contributed by atoms with E-state index in [1.165, 1.54) is 33.0 Å². The second-order valence-corrected chi connectivity index (χ2v) is 6.81. The molecule has 2 aromatic heterocycles. The van der Waals surface area contributed by atoms with Crippen LogP contribution < -0.4 is 0 Å². The molecule has 1 aliphatic carbocycles. The molecule has 0 spiro atoms. The molecule has 2 nitrogen and oxygen atoms in total. The zero-order valence-corrected chi connectivity index (χ0v) is 14.0. The maximum atomic E-state index is 4.91. The lowest BCUT2D eigenvalue weighted by atomic mass is 9.93. The van der Waals surface area contributed by atoms with Crippen molar-refractivity contribution >= 4 is 33.1 Å². The van der Waals surface area contributed by atoms with E-state index < -0.39 is 0 Å². The molecular formula is C20H16N2S. The molecule has 0 unspecified atom stereocenters. The number of aromatic nitrogens is 2. The number of fused-ring (bicyclic) bond motifs is 4. The number of hydrogen-bond acceptors (Lipinski definition) is 3. The third-order valence-corrected chi connectivity index (χ3v) is 5.63. The molecule has 0 aliphatic heterocycles. The SMILES string of the molecule is CCc1ccc2c3c(ccc(CC)c13)-c1nc3cscc3nc1-2. The Morgan fingerprint density at radius 2 is 1.26 bits per heavy atom. The first-order chi connectivity index (χ1) is 11.3. The van der Waals surface area contributed by atoms with Crippen molar-refractivity contribution in [3.63, 3.8) is 0 Å². The minimum atomic E-state index is 1.00. The van der Waals surface area contributed by atoms with Crippen LogP contribution in [0.2, 0.25) is 0 Å². The van der Waals surface area contributed by atoms with Crippen LogP contribution in [-0.4, -0.2) is 9.97 Å². The van der Waals surface area contributed by atoms with Gasteiger partial charge in [0.25, 0.3) is 0 Å². The van der Waals surface area contributed by atoms with Gasteiger partial charge in [0, 0.05) is 27.3 Å². The average molecular weight is 316 g/mol. The van der Waals surface area contributed by atoms with Gasteiger partial charge in [-0.3, -0.25) is 0 Å². The molecule has 5 rings (SSSR count). The van der Waals surface area contributed by atoms with Gasteiger partial charge in [-0.25, -0.2) is 9.97 Å². The topological polar surface area (TPSA) is 25.8 Å². The quantitative estimate of drug-likeness (QED) is 0.422. The predicted molar refractivity (Wildman–Crippen MR) is 98.1 cm³/mol. The summed E-state index contributed by atoms with van der Waals surface area (Å²) in [4.78, 5) is 9.83. The minimum Gasteiger partial charge on any atom is -0.243 e. The maximum absolute atomic E-state index is 4.91. The molecule has 1 aliphatic rings. The smallest absolute Gasteiger partial charge is 0.100 e. The molecule has 0 N–H and O–H groups in total. The van der Waals surface area contributed by atoms with Gasteiger partial charge in [-0.2, -0.15) is 0 Å². The summed E-state index contributed by atoms with van der Waals surface area (Å²) >= 11 is 1.67. The number of hydrogen-bond donors (Lipinski definition) is 0. The van der Waals surface area contributed by atoms with Crippen molar-refractivity contribution in [1.82, 2.24) is 9.97 Å². The first-order valence-electron chi connectivity index (χ1n) is 8.14. The van der Waals surface area contributed by atoms with E-state index in [2.05, 4.69) is 48.9 Å². The van der Waals surface area contributed by atoms with Gasteiger partial charge in [0.05, 0.1) is 11.4 Å². The largest absolute Gasteiger partial charge is 0.243 e. The summed E-state index contributed by atoms with van der Waals surface area (Å²) in [5.41, 5.74) is 9.46. The molecule has 3 heteroatoms. The van der Waals surface area contributed by atoms with E-state index in [9.17, 15) is 0 Å². The maximum Gasteiger partial charge on any atom is 0.100 e.